The summed E-state index contributed by atoms with van der Waals surface area (Å²) in [5, 5.41) is 9.24. The maximum absolute atomic E-state index is 12.5. The molecule has 0 radical (unpaired) electrons. The highest BCUT2D eigenvalue weighted by Crippen LogP contribution is 2.34. The van der Waals surface area contributed by atoms with E-state index >= 15 is 0 Å². The molecule has 0 spiro atoms. The molecule has 11 heteroatoms. The predicted octanol–water partition coefficient (Wildman–Crippen LogP) is 4.81. The highest BCUT2D eigenvalue weighted by molar-refractivity contribution is 14.1. The van der Waals surface area contributed by atoms with Crippen molar-refractivity contribution in [1.82, 2.24) is 5.43 Å². The van der Waals surface area contributed by atoms with Gasteiger partial charge in [0.05, 0.1) is 28.7 Å². The van der Waals surface area contributed by atoms with Gasteiger partial charge in [-0.25, -0.2) is 5.43 Å². The molecule has 40 heavy (non-hydrogen) atoms. The Hall–Kier alpha value is -4.13. The molecule has 0 fully saturated rings. The van der Waals surface area contributed by atoms with Crippen molar-refractivity contribution in [2.24, 2.45) is 5.10 Å². The molecule has 3 aromatic rings. The molecule has 0 aliphatic rings. The number of hydrogen-bond acceptors (Lipinski definition) is 7. The van der Waals surface area contributed by atoms with Gasteiger partial charge in [-0.2, -0.15) is 5.10 Å². The molecule has 3 N–H and O–H groups in total. The normalized spacial score (nSPS) is 10.6. The zero-order valence-electron chi connectivity index (χ0n) is 22.7. The predicted molar refractivity (Wildman–Crippen MR) is 162 cm³/mol. The van der Waals surface area contributed by atoms with Gasteiger partial charge in [-0.15, -0.1) is 0 Å². The van der Waals surface area contributed by atoms with Gasteiger partial charge in [-0.1, -0.05) is 18.2 Å². The average Bonchev–Trinajstić information content (AvgIpc) is 2.89. The summed E-state index contributed by atoms with van der Waals surface area (Å²) in [4.78, 5) is 37.1. The van der Waals surface area contributed by atoms with Crippen LogP contribution in [-0.4, -0.2) is 43.8 Å². The third-order valence-corrected chi connectivity index (χ3v) is 6.01. The molecule has 0 unspecified atom stereocenters. The summed E-state index contributed by atoms with van der Waals surface area (Å²) >= 11 is 2.07. The molecule has 3 aromatic carbocycles. The van der Waals surface area contributed by atoms with Gasteiger partial charge in [0.1, 0.15) is 5.75 Å². The summed E-state index contributed by atoms with van der Waals surface area (Å²) in [5.74, 6) is -0.872. The number of nitrogens with zero attached hydrogens (tertiary/aromatic N) is 1. The fourth-order valence-corrected chi connectivity index (χ4v) is 4.47. The largest absolute Gasteiger partial charge is 0.492 e. The standard InChI is InChI=1S/C29H31IN4O6/c1-5-38-24-10-8-7-9-23(24)33-28(36)29(37)34-31-16-20-14-22(30)27(25(15-20)39-6-2)40-17-26(35)32-21-12-18(3)11-19(4)13-21/h7-16H,5-6,17H2,1-4H3,(H,32,35)(H,33,36)(H,34,37)/b31-16-. The Morgan fingerprint density at radius 2 is 1.52 bits per heavy atom. The van der Waals surface area contributed by atoms with E-state index < -0.39 is 11.8 Å². The van der Waals surface area contributed by atoms with E-state index in [4.69, 9.17) is 14.2 Å². The monoisotopic (exact) mass is 658 g/mol. The third kappa shape index (κ3) is 8.97. The molecule has 10 nitrogen and oxygen atoms in total. The van der Waals surface area contributed by atoms with E-state index in [0.29, 0.717) is 51.0 Å². The lowest BCUT2D eigenvalue weighted by molar-refractivity contribution is -0.136. The van der Waals surface area contributed by atoms with Crippen LogP contribution in [0.4, 0.5) is 11.4 Å². The van der Waals surface area contributed by atoms with Crippen LogP contribution in [0.2, 0.25) is 0 Å². The lowest BCUT2D eigenvalue weighted by Crippen LogP contribution is -2.32. The van der Waals surface area contributed by atoms with E-state index in [0.717, 1.165) is 11.1 Å². The van der Waals surface area contributed by atoms with Gasteiger partial charge in [0, 0.05) is 5.69 Å². The van der Waals surface area contributed by atoms with E-state index in [1.54, 1.807) is 36.4 Å². The van der Waals surface area contributed by atoms with Crippen LogP contribution in [0, 0.1) is 17.4 Å². The number of anilines is 2. The Labute approximate surface area is 246 Å². The molecule has 210 valence electrons. The van der Waals surface area contributed by atoms with E-state index in [9.17, 15) is 14.4 Å². The number of halogens is 1. The number of amides is 3. The van der Waals surface area contributed by atoms with E-state index in [1.807, 2.05) is 45.9 Å². The molecule has 0 aliphatic heterocycles. The second kappa shape index (κ2) is 14.9. The number of nitrogens with one attached hydrogen (secondary N) is 3. The number of rotatable bonds is 11. The van der Waals surface area contributed by atoms with E-state index in [1.165, 1.54) is 6.21 Å². The van der Waals surface area contributed by atoms with Crippen LogP contribution in [0.25, 0.3) is 0 Å². The van der Waals surface area contributed by atoms with Gasteiger partial charge in [-0.3, -0.25) is 14.4 Å². The van der Waals surface area contributed by atoms with Crippen molar-refractivity contribution in [2.45, 2.75) is 27.7 Å². The summed E-state index contributed by atoms with van der Waals surface area (Å²) in [5.41, 5.74) is 5.97. The zero-order valence-corrected chi connectivity index (χ0v) is 24.8. The van der Waals surface area contributed by atoms with Crippen molar-refractivity contribution in [3.05, 3.63) is 74.9 Å². The summed E-state index contributed by atoms with van der Waals surface area (Å²) in [7, 11) is 0. The molecule has 0 bridgehead atoms. The Morgan fingerprint density at radius 1 is 0.850 bits per heavy atom. The Morgan fingerprint density at radius 3 is 2.23 bits per heavy atom. The molecule has 0 atom stereocenters. The molecule has 0 aromatic heterocycles. The van der Waals surface area contributed by atoms with Gasteiger partial charge in [-0.05, 0) is 103 Å². The van der Waals surface area contributed by atoms with Crippen LogP contribution in [0.15, 0.2) is 59.7 Å². The highest BCUT2D eigenvalue weighted by Gasteiger charge is 2.16. The molecule has 0 heterocycles. The van der Waals surface area contributed by atoms with Gasteiger partial charge in [0.2, 0.25) is 0 Å². The summed E-state index contributed by atoms with van der Waals surface area (Å²) in [6.45, 7) is 8.13. The second-order valence-electron chi connectivity index (χ2n) is 8.56. The van der Waals surface area contributed by atoms with Crippen molar-refractivity contribution in [3.8, 4) is 17.2 Å². The number of para-hydroxylation sites is 2. The number of carbonyl (C=O) groups is 3. The smallest absolute Gasteiger partial charge is 0.329 e. The lowest BCUT2D eigenvalue weighted by Gasteiger charge is -2.15. The maximum atomic E-state index is 12.5. The van der Waals surface area contributed by atoms with E-state index in [-0.39, 0.29) is 12.5 Å². The minimum atomic E-state index is -0.947. The number of aryl methyl sites for hydroxylation is 2. The van der Waals surface area contributed by atoms with Crippen LogP contribution in [0.3, 0.4) is 0 Å². The van der Waals surface area contributed by atoms with Gasteiger partial charge in [0.25, 0.3) is 5.91 Å². The summed E-state index contributed by atoms with van der Waals surface area (Å²) in [6, 6.07) is 16.0. The van der Waals surface area contributed by atoms with Gasteiger partial charge >= 0.3 is 11.8 Å². The second-order valence-corrected chi connectivity index (χ2v) is 9.72. The van der Waals surface area contributed by atoms with Crippen LogP contribution >= 0.6 is 22.6 Å². The molecule has 3 rings (SSSR count). The number of hydrogen-bond donors (Lipinski definition) is 3. The van der Waals surface area contributed by atoms with Gasteiger partial charge in [0.15, 0.2) is 18.1 Å². The highest BCUT2D eigenvalue weighted by atomic mass is 127. The molecule has 0 saturated heterocycles. The Kier molecular flexibility index (Phi) is 11.3. The summed E-state index contributed by atoms with van der Waals surface area (Å²) < 4.78 is 17.6. The Balaban J connectivity index is 1.62. The number of carbonyl (C=O) groups excluding carboxylic acids is 3. The van der Waals surface area contributed by atoms with Crippen molar-refractivity contribution >= 4 is 57.9 Å². The zero-order chi connectivity index (χ0) is 29.1. The first-order valence-electron chi connectivity index (χ1n) is 12.5. The molecule has 0 saturated carbocycles. The Bertz CT molecular complexity index is 1390. The topological polar surface area (TPSA) is 127 Å². The van der Waals surface area contributed by atoms with E-state index in [2.05, 4.69) is 43.8 Å². The first kappa shape index (κ1) is 30.4. The third-order valence-electron chi connectivity index (χ3n) is 5.21. The van der Waals surface area contributed by atoms with Crippen molar-refractivity contribution < 1.29 is 28.6 Å². The molecular weight excluding hydrogens is 627 g/mol. The molecular formula is C29H31IN4O6. The fraction of sp³-hybridized carbons (Fsp3) is 0.241. The number of benzene rings is 3. The number of ether oxygens (including phenoxy) is 3. The van der Waals surface area contributed by atoms with Crippen molar-refractivity contribution in [3.63, 3.8) is 0 Å². The SMILES string of the molecule is CCOc1ccccc1NC(=O)C(=O)N/N=C\c1cc(I)c(OCC(=O)Nc2cc(C)cc(C)c2)c(OCC)c1. The maximum Gasteiger partial charge on any atom is 0.329 e. The molecule has 0 aliphatic carbocycles. The first-order chi connectivity index (χ1) is 19.2. The van der Waals surface area contributed by atoms with Gasteiger partial charge < -0.3 is 24.8 Å². The van der Waals surface area contributed by atoms with Crippen LogP contribution in [-0.2, 0) is 14.4 Å². The minimum absolute atomic E-state index is 0.214. The van der Waals surface area contributed by atoms with Crippen LogP contribution in [0.5, 0.6) is 17.2 Å². The van der Waals surface area contributed by atoms with Crippen molar-refractivity contribution in [1.29, 1.82) is 0 Å². The lowest BCUT2D eigenvalue weighted by atomic mass is 10.1. The molecule has 3 amide bonds. The van der Waals surface area contributed by atoms with Crippen LogP contribution < -0.4 is 30.3 Å². The summed E-state index contributed by atoms with van der Waals surface area (Å²) in [6.07, 6.45) is 1.38. The number of hydrazone groups is 1. The van der Waals surface area contributed by atoms with Crippen molar-refractivity contribution in [2.75, 3.05) is 30.5 Å². The average molecular weight is 658 g/mol. The first-order valence-corrected chi connectivity index (χ1v) is 13.6. The quantitative estimate of drug-likeness (QED) is 0.118. The minimum Gasteiger partial charge on any atom is -0.492 e. The van der Waals surface area contributed by atoms with Crippen LogP contribution in [0.1, 0.15) is 30.5 Å². The fourth-order valence-electron chi connectivity index (χ4n) is 3.69.